The zero-order valence-electron chi connectivity index (χ0n) is 15.3. The second kappa shape index (κ2) is 11.1. The summed E-state index contributed by atoms with van der Waals surface area (Å²) in [7, 11) is 1.87. The maximum atomic E-state index is 4.59. The fourth-order valence-corrected chi connectivity index (χ4v) is 3.57. The largest absolute Gasteiger partial charge is 0.356 e. The van der Waals surface area contributed by atoms with Crippen molar-refractivity contribution in [2.24, 2.45) is 10.9 Å². The molecule has 8 heteroatoms. The predicted octanol–water partition coefficient (Wildman–Crippen LogP) is 2.85. The van der Waals surface area contributed by atoms with Crippen molar-refractivity contribution < 1.29 is 0 Å². The Bertz CT molecular complexity index is 495. The van der Waals surface area contributed by atoms with Crippen molar-refractivity contribution in [1.29, 1.82) is 0 Å². The zero-order valence-corrected chi connectivity index (χ0v) is 18.4. The summed E-state index contributed by atoms with van der Waals surface area (Å²) >= 11 is 1.52. The molecule has 1 aromatic heterocycles. The Morgan fingerprint density at radius 1 is 1.21 bits per heavy atom. The van der Waals surface area contributed by atoms with Crippen molar-refractivity contribution in [1.82, 2.24) is 19.6 Å². The predicted molar refractivity (Wildman–Crippen MR) is 114 cm³/mol. The molecule has 6 nitrogen and oxygen atoms in total. The lowest BCUT2D eigenvalue weighted by Crippen LogP contribution is -2.53. The van der Waals surface area contributed by atoms with Gasteiger partial charge in [0.2, 0.25) is 5.13 Å². The van der Waals surface area contributed by atoms with Crippen LogP contribution in [0, 0.1) is 5.92 Å². The number of aliphatic imine (C=N–C) groups is 1. The van der Waals surface area contributed by atoms with Crippen LogP contribution < -0.4 is 10.2 Å². The van der Waals surface area contributed by atoms with Crippen LogP contribution in [0.1, 0.15) is 39.4 Å². The van der Waals surface area contributed by atoms with E-state index in [9.17, 15) is 0 Å². The summed E-state index contributed by atoms with van der Waals surface area (Å²) in [6.07, 6.45) is 3.33. The van der Waals surface area contributed by atoms with E-state index in [2.05, 4.69) is 50.2 Å². The standard InChI is InChI=1S/C16H30N6S.HI/c1-5-13(6-2)12-18-15(17-4)21-8-10-22(11-9-21)16-19-14(7-3)20-23-16;/h13H,5-12H2,1-4H3,(H,17,18);1H. The molecule has 2 rings (SSSR count). The van der Waals surface area contributed by atoms with Crippen molar-refractivity contribution in [3.05, 3.63) is 5.82 Å². The Morgan fingerprint density at radius 3 is 2.38 bits per heavy atom. The summed E-state index contributed by atoms with van der Waals surface area (Å²) < 4.78 is 4.39. The highest BCUT2D eigenvalue weighted by molar-refractivity contribution is 14.0. The fourth-order valence-electron chi connectivity index (χ4n) is 2.77. The smallest absolute Gasteiger partial charge is 0.205 e. The van der Waals surface area contributed by atoms with Crippen molar-refractivity contribution in [3.63, 3.8) is 0 Å². The summed E-state index contributed by atoms with van der Waals surface area (Å²) in [5.41, 5.74) is 0. The first kappa shape index (κ1) is 21.4. The van der Waals surface area contributed by atoms with E-state index in [1.165, 1.54) is 24.4 Å². The maximum absolute atomic E-state index is 4.59. The van der Waals surface area contributed by atoms with E-state index >= 15 is 0 Å². The minimum absolute atomic E-state index is 0. The Hall–Kier alpha value is -0.640. The molecule has 1 saturated heterocycles. The fraction of sp³-hybridized carbons (Fsp3) is 0.812. The average Bonchev–Trinajstić information content (AvgIpc) is 3.08. The quantitative estimate of drug-likeness (QED) is 0.397. The first-order chi connectivity index (χ1) is 11.2. The number of aryl methyl sites for hydroxylation is 1. The molecule has 0 aliphatic carbocycles. The van der Waals surface area contributed by atoms with Gasteiger partial charge in [0.1, 0.15) is 5.82 Å². The van der Waals surface area contributed by atoms with Crippen LogP contribution in [0.2, 0.25) is 0 Å². The van der Waals surface area contributed by atoms with Crippen LogP contribution in [-0.4, -0.2) is 60.0 Å². The van der Waals surface area contributed by atoms with E-state index in [0.29, 0.717) is 0 Å². The van der Waals surface area contributed by atoms with E-state index in [-0.39, 0.29) is 24.0 Å². The summed E-state index contributed by atoms with van der Waals surface area (Å²) in [6.45, 7) is 11.5. The molecule has 0 spiro atoms. The SMILES string of the molecule is CCc1nsc(N2CCN(C(=NC)NCC(CC)CC)CC2)n1.I. The first-order valence-electron chi connectivity index (χ1n) is 8.74. The number of hydrogen-bond donors (Lipinski definition) is 1. The second-order valence-corrected chi connectivity index (χ2v) is 6.66. The van der Waals surface area contributed by atoms with Crippen molar-refractivity contribution in [2.45, 2.75) is 40.0 Å². The van der Waals surface area contributed by atoms with Gasteiger partial charge in [0.05, 0.1) is 0 Å². The van der Waals surface area contributed by atoms with Crippen LogP contribution >= 0.6 is 35.5 Å². The number of halogens is 1. The molecule has 2 heterocycles. The van der Waals surface area contributed by atoms with Crippen LogP contribution in [-0.2, 0) is 6.42 Å². The molecule has 138 valence electrons. The third-order valence-electron chi connectivity index (χ3n) is 4.54. The molecule has 0 amide bonds. The highest BCUT2D eigenvalue weighted by Crippen LogP contribution is 2.19. The average molecular weight is 466 g/mol. The van der Waals surface area contributed by atoms with Gasteiger partial charge in [-0.25, -0.2) is 4.98 Å². The molecular weight excluding hydrogens is 435 g/mol. The van der Waals surface area contributed by atoms with E-state index in [1.54, 1.807) is 0 Å². The Kier molecular flexibility index (Phi) is 9.87. The van der Waals surface area contributed by atoms with Gasteiger partial charge in [-0.3, -0.25) is 4.99 Å². The molecule has 0 aromatic carbocycles. The molecule has 24 heavy (non-hydrogen) atoms. The number of guanidine groups is 1. The minimum atomic E-state index is 0. The van der Waals surface area contributed by atoms with Gasteiger partial charge in [0, 0.05) is 57.7 Å². The van der Waals surface area contributed by atoms with Crippen molar-refractivity contribution >= 4 is 46.6 Å². The zero-order chi connectivity index (χ0) is 16.7. The number of hydrogen-bond acceptors (Lipinski definition) is 5. The lowest BCUT2D eigenvalue weighted by molar-refractivity contribution is 0.365. The van der Waals surface area contributed by atoms with Crippen LogP contribution in [0.25, 0.3) is 0 Å². The highest BCUT2D eigenvalue weighted by Gasteiger charge is 2.22. The van der Waals surface area contributed by atoms with Crippen LogP contribution in [0.15, 0.2) is 4.99 Å². The number of piperazine rings is 1. The lowest BCUT2D eigenvalue weighted by atomic mass is 10.0. The molecule has 1 fully saturated rings. The van der Waals surface area contributed by atoms with Gasteiger partial charge in [-0.2, -0.15) is 4.37 Å². The van der Waals surface area contributed by atoms with E-state index in [4.69, 9.17) is 0 Å². The summed E-state index contributed by atoms with van der Waals surface area (Å²) in [6, 6.07) is 0. The molecule has 0 atom stereocenters. The van der Waals surface area contributed by atoms with Crippen LogP contribution in [0.5, 0.6) is 0 Å². The monoisotopic (exact) mass is 466 g/mol. The molecule has 1 aliphatic heterocycles. The molecular formula is C16H31IN6S. The van der Waals surface area contributed by atoms with Gasteiger partial charge in [0.25, 0.3) is 0 Å². The molecule has 1 aliphatic rings. The third kappa shape index (κ3) is 5.72. The van der Waals surface area contributed by atoms with E-state index in [0.717, 1.165) is 62.0 Å². The maximum Gasteiger partial charge on any atom is 0.205 e. The molecule has 0 bridgehead atoms. The van der Waals surface area contributed by atoms with Gasteiger partial charge in [-0.15, -0.1) is 24.0 Å². The molecule has 1 N–H and O–H groups in total. The molecule has 0 saturated carbocycles. The number of nitrogens with zero attached hydrogens (tertiary/aromatic N) is 5. The van der Waals surface area contributed by atoms with Gasteiger partial charge < -0.3 is 15.1 Å². The molecule has 1 aromatic rings. The number of aromatic nitrogens is 2. The van der Waals surface area contributed by atoms with Crippen molar-refractivity contribution in [3.8, 4) is 0 Å². The number of rotatable bonds is 6. The number of anilines is 1. The topological polar surface area (TPSA) is 56.7 Å². The molecule has 0 unspecified atom stereocenters. The van der Waals surface area contributed by atoms with E-state index < -0.39 is 0 Å². The van der Waals surface area contributed by atoms with Crippen molar-refractivity contribution in [2.75, 3.05) is 44.7 Å². The Balaban J connectivity index is 0.00000288. The van der Waals surface area contributed by atoms with Gasteiger partial charge in [-0.05, 0) is 5.92 Å². The number of nitrogens with one attached hydrogen (secondary N) is 1. The van der Waals surface area contributed by atoms with Gasteiger partial charge in [-0.1, -0.05) is 33.6 Å². The summed E-state index contributed by atoms with van der Waals surface area (Å²) in [5.74, 6) is 2.71. The third-order valence-corrected chi connectivity index (χ3v) is 5.35. The van der Waals surface area contributed by atoms with Crippen LogP contribution in [0.4, 0.5) is 5.13 Å². The lowest BCUT2D eigenvalue weighted by Gasteiger charge is -2.36. The van der Waals surface area contributed by atoms with Crippen LogP contribution in [0.3, 0.4) is 0 Å². The highest BCUT2D eigenvalue weighted by atomic mass is 127. The second-order valence-electron chi connectivity index (χ2n) is 5.93. The minimum Gasteiger partial charge on any atom is -0.356 e. The summed E-state index contributed by atoms with van der Waals surface area (Å²) in [4.78, 5) is 13.7. The summed E-state index contributed by atoms with van der Waals surface area (Å²) in [5, 5.41) is 4.60. The molecule has 0 radical (unpaired) electrons. The Labute approximate surface area is 167 Å². The van der Waals surface area contributed by atoms with Gasteiger partial charge >= 0.3 is 0 Å². The first-order valence-corrected chi connectivity index (χ1v) is 9.52. The normalized spacial score (nSPS) is 15.6. The van der Waals surface area contributed by atoms with E-state index in [1.807, 2.05) is 7.05 Å². The Morgan fingerprint density at radius 2 is 1.88 bits per heavy atom. The van der Waals surface area contributed by atoms with Gasteiger partial charge in [0.15, 0.2) is 5.96 Å².